The number of carbonyl (C=O) groups is 2. The quantitative estimate of drug-likeness (QED) is 0.889. The molecule has 2 heterocycles. The summed E-state index contributed by atoms with van der Waals surface area (Å²) < 4.78 is 13.7. The first-order chi connectivity index (χ1) is 11.6. The second-order valence-electron chi connectivity index (χ2n) is 5.41. The molecule has 2 atom stereocenters. The molecule has 24 heavy (non-hydrogen) atoms. The van der Waals surface area contributed by atoms with Gasteiger partial charge in [0.1, 0.15) is 11.9 Å². The lowest BCUT2D eigenvalue weighted by Crippen LogP contribution is -2.52. The van der Waals surface area contributed by atoms with Gasteiger partial charge in [0.2, 0.25) is 11.8 Å². The number of amides is 2. The summed E-state index contributed by atoms with van der Waals surface area (Å²) in [5.41, 5.74) is 1.08. The zero-order valence-electron chi connectivity index (χ0n) is 12.7. The minimum absolute atomic E-state index is 0.249. The van der Waals surface area contributed by atoms with E-state index in [2.05, 4.69) is 15.6 Å². The first-order valence-electron chi connectivity index (χ1n) is 7.50. The molecule has 0 saturated carbocycles. The molecular weight excluding hydrogens is 329 g/mol. The van der Waals surface area contributed by atoms with Crippen molar-refractivity contribution in [3.8, 4) is 0 Å². The van der Waals surface area contributed by atoms with Crippen LogP contribution in [-0.4, -0.2) is 33.8 Å². The molecule has 124 valence electrons. The van der Waals surface area contributed by atoms with E-state index < -0.39 is 11.3 Å². The second kappa shape index (κ2) is 7.44. The van der Waals surface area contributed by atoms with Crippen molar-refractivity contribution in [3.05, 3.63) is 60.2 Å². The Balaban J connectivity index is 1.58. The molecule has 0 radical (unpaired) electrons. The number of hydrogen-bond donors (Lipinski definition) is 2. The summed E-state index contributed by atoms with van der Waals surface area (Å²) in [5, 5.41) is 5.03. The van der Waals surface area contributed by atoms with Crippen LogP contribution in [0.15, 0.2) is 48.8 Å². The van der Waals surface area contributed by atoms with Gasteiger partial charge in [0.05, 0.1) is 17.1 Å². The highest BCUT2D eigenvalue weighted by molar-refractivity contribution is 8.00. The minimum Gasteiger partial charge on any atom is -0.343 e. The molecule has 1 aromatic heterocycles. The molecule has 1 saturated heterocycles. The third-order valence-corrected chi connectivity index (χ3v) is 4.99. The highest BCUT2D eigenvalue weighted by Gasteiger charge is 2.32. The van der Waals surface area contributed by atoms with E-state index >= 15 is 0 Å². The van der Waals surface area contributed by atoms with Crippen molar-refractivity contribution in [2.24, 2.45) is 0 Å². The van der Waals surface area contributed by atoms with E-state index in [9.17, 15) is 14.0 Å². The molecule has 0 bridgehead atoms. The van der Waals surface area contributed by atoms with Crippen LogP contribution < -0.4 is 10.6 Å². The SMILES string of the molecule is O=C1N[C@@H](C(=O)Nc2cccnc2)CS[C@H]1Cc1ccccc1F. The number of hydrogen-bond acceptors (Lipinski definition) is 4. The summed E-state index contributed by atoms with van der Waals surface area (Å²) >= 11 is 1.37. The van der Waals surface area contributed by atoms with E-state index in [1.807, 2.05) is 0 Å². The molecule has 1 aromatic carbocycles. The number of pyridine rings is 1. The number of thioether (sulfide) groups is 1. The number of benzene rings is 1. The Morgan fingerprint density at radius 2 is 2.17 bits per heavy atom. The first-order valence-corrected chi connectivity index (χ1v) is 8.54. The van der Waals surface area contributed by atoms with Crippen molar-refractivity contribution in [2.45, 2.75) is 17.7 Å². The van der Waals surface area contributed by atoms with Gasteiger partial charge >= 0.3 is 0 Å². The zero-order chi connectivity index (χ0) is 16.9. The van der Waals surface area contributed by atoms with Gasteiger partial charge in [0, 0.05) is 11.9 Å². The highest BCUT2D eigenvalue weighted by atomic mass is 32.2. The van der Waals surface area contributed by atoms with Crippen LogP contribution in [0.1, 0.15) is 5.56 Å². The van der Waals surface area contributed by atoms with Gasteiger partial charge in [0.25, 0.3) is 0 Å². The smallest absolute Gasteiger partial charge is 0.247 e. The Hall–Kier alpha value is -2.41. The van der Waals surface area contributed by atoms with Crippen LogP contribution in [0.5, 0.6) is 0 Å². The number of aromatic nitrogens is 1. The van der Waals surface area contributed by atoms with Gasteiger partial charge in [-0.05, 0) is 30.2 Å². The fourth-order valence-electron chi connectivity index (χ4n) is 2.42. The van der Waals surface area contributed by atoms with Crippen LogP contribution in [-0.2, 0) is 16.0 Å². The highest BCUT2D eigenvalue weighted by Crippen LogP contribution is 2.23. The van der Waals surface area contributed by atoms with Crippen molar-refractivity contribution in [1.82, 2.24) is 10.3 Å². The molecule has 0 spiro atoms. The largest absolute Gasteiger partial charge is 0.343 e. The number of halogens is 1. The van der Waals surface area contributed by atoms with Crippen LogP contribution in [0.2, 0.25) is 0 Å². The second-order valence-corrected chi connectivity index (χ2v) is 6.65. The maximum absolute atomic E-state index is 13.7. The lowest BCUT2D eigenvalue weighted by Gasteiger charge is -2.28. The van der Waals surface area contributed by atoms with Crippen molar-refractivity contribution < 1.29 is 14.0 Å². The standard InChI is InChI=1S/C17H16FN3O2S/c18-13-6-2-1-4-11(13)8-15-17(23)21-14(10-24-15)16(22)20-12-5-3-7-19-9-12/h1-7,9,14-15H,8,10H2,(H,20,22)(H,21,23)/t14-,15+/m1/s1. The molecule has 2 amide bonds. The molecule has 1 aliphatic heterocycles. The molecule has 1 aliphatic rings. The van der Waals surface area contributed by atoms with Crippen molar-refractivity contribution in [3.63, 3.8) is 0 Å². The summed E-state index contributed by atoms with van der Waals surface area (Å²) in [4.78, 5) is 28.4. The van der Waals surface area contributed by atoms with Crippen molar-refractivity contribution in [2.75, 3.05) is 11.1 Å². The average molecular weight is 345 g/mol. The Labute approximate surface area is 143 Å². The summed E-state index contributed by atoms with van der Waals surface area (Å²) in [7, 11) is 0. The van der Waals surface area contributed by atoms with Crippen LogP contribution in [0.4, 0.5) is 10.1 Å². The Morgan fingerprint density at radius 3 is 2.88 bits per heavy atom. The fourth-order valence-corrected chi connectivity index (χ4v) is 3.59. The lowest BCUT2D eigenvalue weighted by molar-refractivity contribution is -0.126. The Kier molecular flexibility index (Phi) is 5.10. The minimum atomic E-state index is -0.612. The lowest BCUT2D eigenvalue weighted by atomic mass is 10.1. The predicted octanol–water partition coefficient (Wildman–Crippen LogP) is 2.00. The number of rotatable bonds is 4. The molecule has 3 rings (SSSR count). The normalized spacial score (nSPS) is 20.3. The number of anilines is 1. The van der Waals surface area contributed by atoms with E-state index in [0.717, 1.165) is 0 Å². The molecule has 2 aromatic rings. The van der Waals surface area contributed by atoms with Gasteiger partial charge in [-0.1, -0.05) is 18.2 Å². The van der Waals surface area contributed by atoms with Crippen LogP contribution >= 0.6 is 11.8 Å². The molecule has 1 fully saturated rings. The Bertz CT molecular complexity index is 742. The van der Waals surface area contributed by atoms with E-state index in [4.69, 9.17) is 0 Å². The maximum atomic E-state index is 13.7. The molecular formula is C17H16FN3O2S. The number of nitrogens with zero attached hydrogens (tertiary/aromatic N) is 1. The monoisotopic (exact) mass is 345 g/mol. The molecule has 2 N–H and O–H groups in total. The Morgan fingerprint density at radius 1 is 1.33 bits per heavy atom. The van der Waals surface area contributed by atoms with Gasteiger partial charge in [-0.3, -0.25) is 14.6 Å². The predicted molar refractivity (Wildman–Crippen MR) is 91.1 cm³/mol. The van der Waals surface area contributed by atoms with Crippen LogP contribution in [0, 0.1) is 5.82 Å². The maximum Gasteiger partial charge on any atom is 0.247 e. The number of carbonyl (C=O) groups excluding carboxylic acids is 2. The number of nitrogens with one attached hydrogen (secondary N) is 2. The topological polar surface area (TPSA) is 71.1 Å². The molecule has 5 nitrogen and oxygen atoms in total. The van der Waals surface area contributed by atoms with E-state index in [-0.39, 0.29) is 17.6 Å². The first kappa shape index (κ1) is 16.4. The van der Waals surface area contributed by atoms with Crippen molar-refractivity contribution in [1.29, 1.82) is 0 Å². The van der Waals surface area contributed by atoms with Crippen LogP contribution in [0.3, 0.4) is 0 Å². The third-order valence-electron chi connectivity index (χ3n) is 3.68. The molecule has 0 unspecified atom stereocenters. The summed E-state index contributed by atoms with van der Waals surface area (Å²) in [6, 6.07) is 9.24. The third kappa shape index (κ3) is 3.91. The summed E-state index contributed by atoms with van der Waals surface area (Å²) in [5.74, 6) is -0.409. The van der Waals surface area contributed by atoms with Gasteiger partial charge in [-0.2, -0.15) is 0 Å². The van der Waals surface area contributed by atoms with E-state index in [1.165, 1.54) is 24.0 Å². The average Bonchev–Trinajstić information content (AvgIpc) is 2.59. The van der Waals surface area contributed by atoms with Crippen LogP contribution in [0.25, 0.3) is 0 Å². The van der Waals surface area contributed by atoms with Gasteiger partial charge in [0.15, 0.2) is 0 Å². The molecule has 7 heteroatoms. The van der Waals surface area contributed by atoms with Gasteiger partial charge in [-0.25, -0.2) is 4.39 Å². The van der Waals surface area contributed by atoms with Gasteiger partial charge < -0.3 is 10.6 Å². The summed E-state index contributed by atoms with van der Waals surface area (Å²) in [6.07, 6.45) is 3.46. The molecule has 0 aliphatic carbocycles. The fraction of sp³-hybridized carbons (Fsp3) is 0.235. The van der Waals surface area contributed by atoms with E-state index in [0.29, 0.717) is 23.4 Å². The van der Waals surface area contributed by atoms with E-state index in [1.54, 1.807) is 36.5 Å². The van der Waals surface area contributed by atoms with Gasteiger partial charge in [-0.15, -0.1) is 11.8 Å². The van der Waals surface area contributed by atoms with Crippen molar-refractivity contribution >= 4 is 29.3 Å². The zero-order valence-corrected chi connectivity index (χ0v) is 13.6. The summed E-state index contributed by atoms with van der Waals surface area (Å²) in [6.45, 7) is 0.